The van der Waals surface area contributed by atoms with Gasteiger partial charge in [-0.05, 0) is 42.8 Å². The standard InChI is InChI=1S/C20H17Cl2FN4O/c1-2-17(28)26-10-8-20(12-26,18-16(23)6-5-15(21)19(18)22)25-13-3-4-14-7-9-24-27(14)11-13/h2-7,9,11,25H,1,8,10,12H2. The fourth-order valence-corrected chi connectivity index (χ4v) is 4.22. The molecule has 1 aliphatic heterocycles. The predicted octanol–water partition coefficient (Wildman–Crippen LogP) is 4.51. The van der Waals surface area contributed by atoms with Gasteiger partial charge in [0.15, 0.2) is 0 Å². The first kappa shape index (κ1) is 18.8. The number of halogens is 3. The summed E-state index contributed by atoms with van der Waals surface area (Å²) in [5.41, 5.74) is 0.966. The van der Waals surface area contributed by atoms with E-state index in [-0.39, 0.29) is 28.1 Å². The van der Waals surface area contributed by atoms with E-state index in [1.165, 1.54) is 18.2 Å². The third-order valence-corrected chi connectivity index (χ3v) is 5.86. The maximum atomic E-state index is 14.9. The number of hydrogen-bond acceptors (Lipinski definition) is 3. The fourth-order valence-electron chi connectivity index (χ4n) is 3.73. The zero-order valence-corrected chi connectivity index (χ0v) is 16.3. The third kappa shape index (κ3) is 3.12. The number of likely N-dealkylation sites (tertiary alicyclic amines) is 1. The van der Waals surface area contributed by atoms with Gasteiger partial charge in [-0.3, -0.25) is 4.79 Å². The number of benzene rings is 1. The summed E-state index contributed by atoms with van der Waals surface area (Å²) in [4.78, 5) is 13.8. The van der Waals surface area contributed by atoms with Gasteiger partial charge in [-0.2, -0.15) is 5.10 Å². The number of nitrogens with one attached hydrogen (secondary N) is 1. The molecule has 1 saturated heterocycles. The monoisotopic (exact) mass is 418 g/mol. The van der Waals surface area contributed by atoms with Crippen LogP contribution in [0.2, 0.25) is 10.0 Å². The SMILES string of the molecule is C=CC(=O)N1CCC(Nc2ccc3ccnn3c2)(c2c(F)ccc(Cl)c2Cl)C1. The Bertz CT molecular complexity index is 1080. The van der Waals surface area contributed by atoms with Gasteiger partial charge in [-0.15, -0.1) is 0 Å². The molecule has 8 heteroatoms. The topological polar surface area (TPSA) is 49.6 Å². The second kappa shape index (κ2) is 7.11. The summed E-state index contributed by atoms with van der Waals surface area (Å²) in [5.74, 6) is -0.695. The van der Waals surface area contributed by atoms with Gasteiger partial charge in [-0.25, -0.2) is 8.91 Å². The van der Waals surface area contributed by atoms with Crippen LogP contribution in [0.25, 0.3) is 5.52 Å². The van der Waals surface area contributed by atoms with Gasteiger partial charge in [0.1, 0.15) is 5.82 Å². The molecule has 0 saturated carbocycles. The van der Waals surface area contributed by atoms with Crippen LogP contribution in [0.3, 0.4) is 0 Å². The Morgan fingerprint density at radius 1 is 1.29 bits per heavy atom. The first-order valence-corrected chi connectivity index (χ1v) is 9.46. The Hall–Kier alpha value is -2.57. The lowest BCUT2D eigenvalue weighted by Gasteiger charge is -2.33. The minimum absolute atomic E-state index is 0.141. The minimum atomic E-state index is -0.939. The molecular formula is C20H17Cl2FN4O. The molecule has 2 aromatic heterocycles. The zero-order valence-electron chi connectivity index (χ0n) is 14.8. The smallest absolute Gasteiger partial charge is 0.246 e. The van der Waals surface area contributed by atoms with Crippen molar-refractivity contribution in [3.63, 3.8) is 0 Å². The average molecular weight is 419 g/mol. The van der Waals surface area contributed by atoms with Crippen molar-refractivity contribution in [1.82, 2.24) is 14.5 Å². The van der Waals surface area contributed by atoms with E-state index >= 15 is 0 Å². The number of anilines is 1. The van der Waals surface area contributed by atoms with E-state index in [1.807, 2.05) is 24.4 Å². The van der Waals surface area contributed by atoms with E-state index in [4.69, 9.17) is 23.2 Å². The van der Waals surface area contributed by atoms with Crippen molar-refractivity contribution in [3.8, 4) is 0 Å². The van der Waals surface area contributed by atoms with Gasteiger partial charge in [0, 0.05) is 24.8 Å². The largest absolute Gasteiger partial charge is 0.372 e. The lowest BCUT2D eigenvalue weighted by Crippen LogP contribution is -2.41. The number of rotatable bonds is 4. The number of fused-ring (bicyclic) bond motifs is 1. The second-order valence-electron chi connectivity index (χ2n) is 6.76. The highest BCUT2D eigenvalue weighted by Gasteiger charge is 2.44. The van der Waals surface area contributed by atoms with Gasteiger partial charge >= 0.3 is 0 Å². The molecule has 0 radical (unpaired) electrons. The van der Waals surface area contributed by atoms with Gasteiger partial charge < -0.3 is 10.2 Å². The molecule has 1 unspecified atom stereocenters. The van der Waals surface area contributed by atoms with E-state index in [9.17, 15) is 9.18 Å². The molecule has 1 aliphatic rings. The van der Waals surface area contributed by atoms with Crippen LogP contribution in [-0.2, 0) is 10.3 Å². The predicted molar refractivity (Wildman–Crippen MR) is 108 cm³/mol. The molecule has 0 bridgehead atoms. The third-order valence-electron chi connectivity index (χ3n) is 5.06. The first-order chi connectivity index (χ1) is 13.4. The summed E-state index contributed by atoms with van der Waals surface area (Å²) in [7, 11) is 0. The molecular weight excluding hydrogens is 402 g/mol. The number of aromatic nitrogens is 2. The highest BCUT2D eigenvalue weighted by atomic mass is 35.5. The van der Waals surface area contributed by atoms with Gasteiger partial charge in [0.2, 0.25) is 5.91 Å². The van der Waals surface area contributed by atoms with E-state index in [0.29, 0.717) is 13.0 Å². The van der Waals surface area contributed by atoms with Crippen LogP contribution in [0.5, 0.6) is 0 Å². The van der Waals surface area contributed by atoms with E-state index in [0.717, 1.165) is 11.2 Å². The van der Waals surface area contributed by atoms with Crippen LogP contribution in [0.1, 0.15) is 12.0 Å². The lowest BCUT2D eigenvalue weighted by molar-refractivity contribution is -0.125. The zero-order chi connectivity index (χ0) is 19.9. The van der Waals surface area contributed by atoms with Crippen molar-refractivity contribution >= 4 is 40.3 Å². The molecule has 1 N–H and O–H groups in total. The van der Waals surface area contributed by atoms with Gasteiger partial charge in [-0.1, -0.05) is 29.8 Å². The summed E-state index contributed by atoms with van der Waals surface area (Å²) in [6.07, 6.45) is 5.22. The minimum Gasteiger partial charge on any atom is -0.372 e. The molecule has 0 aliphatic carbocycles. The van der Waals surface area contributed by atoms with Crippen molar-refractivity contribution in [2.24, 2.45) is 0 Å². The summed E-state index contributed by atoms with van der Waals surface area (Å²) in [6, 6.07) is 8.39. The van der Waals surface area contributed by atoms with Crippen molar-refractivity contribution in [2.45, 2.75) is 12.0 Å². The molecule has 0 spiro atoms. The van der Waals surface area contributed by atoms with E-state index in [1.54, 1.807) is 15.6 Å². The quantitative estimate of drug-likeness (QED) is 0.500. The Kier molecular flexibility index (Phi) is 4.77. The van der Waals surface area contributed by atoms with Crippen LogP contribution in [0, 0.1) is 5.82 Å². The summed E-state index contributed by atoms with van der Waals surface area (Å²) in [5, 5.41) is 8.03. The summed E-state index contributed by atoms with van der Waals surface area (Å²) in [6.45, 7) is 4.21. The molecule has 5 nitrogen and oxygen atoms in total. The van der Waals surface area contributed by atoms with Crippen molar-refractivity contribution in [2.75, 3.05) is 18.4 Å². The van der Waals surface area contributed by atoms with Crippen LogP contribution >= 0.6 is 23.2 Å². The normalized spacial score (nSPS) is 19.2. The van der Waals surface area contributed by atoms with Gasteiger partial charge in [0.25, 0.3) is 0 Å². The maximum absolute atomic E-state index is 14.9. The summed E-state index contributed by atoms with van der Waals surface area (Å²) < 4.78 is 16.6. The van der Waals surface area contributed by atoms with Crippen molar-refractivity contribution in [3.05, 3.63) is 76.8 Å². The van der Waals surface area contributed by atoms with E-state index < -0.39 is 11.4 Å². The second-order valence-corrected chi connectivity index (χ2v) is 7.54. The number of nitrogens with zero attached hydrogens (tertiary/aromatic N) is 3. The number of hydrogen-bond donors (Lipinski definition) is 1. The summed E-state index contributed by atoms with van der Waals surface area (Å²) >= 11 is 12.6. The Morgan fingerprint density at radius 2 is 2.11 bits per heavy atom. The molecule has 28 heavy (non-hydrogen) atoms. The molecule has 1 amide bonds. The fraction of sp³-hybridized carbons (Fsp3) is 0.200. The van der Waals surface area contributed by atoms with E-state index in [2.05, 4.69) is 17.0 Å². The molecule has 1 fully saturated rings. The number of amides is 1. The number of carbonyl (C=O) groups excluding carboxylic acids is 1. The van der Waals surface area contributed by atoms with Crippen LogP contribution < -0.4 is 5.32 Å². The average Bonchev–Trinajstić information content (AvgIpc) is 3.32. The Morgan fingerprint density at radius 3 is 2.89 bits per heavy atom. The Balaban J connectivity index is 1.81. The highest BCUT2D eigenvalue weighted by molar-refractivity contribution is 6.42. The van der Waals surface area contributed by atoms with Crippen LogP contribution in [0.15, 0.2) is 55.4 Å². The molecule has 3 aromatic rings. The van der Waals surface area contributed by atoms with Crippen LogP contribution in [0.4, 0.5) is 10.1 Å². The highest BCUT2D eigenvalue weighted by Crippen LogP contribution is 2.43. The number of carbonyl (C=O) groups is 1. The maximum Gasteiger partial charge on any atom is 0.246 e. The van der Waals surface area contributed by atoms with Crippen molar-refractivity contribution in [1.29, 1.82) is 0 Å². The molecule has 1 atom stereocenters. The molecule has 3 heterocycles. The van der Waals surface area contributed by atoms with Crippen LogP contribution in [-0.4, -0.2) is 33.5 Å². The lowest BCUT2D eigenvalue weighted by atomic mass is 9.88. The molecule has 1 aromatic carbocycles. The molecule has 4 rings (SSSR count). The first-order valence-electron chi connectivity index (χ1n) is 8.70. The Labute approximate surface area is 171 Å². The number of pyridine rings is 1. The van der Waals surface area contributed by atoms with Crippen molar-refractivity contribution < 1.29 is 9.18 Å². The molecule has 144 valence electrons. The van der Waals surface area contributed by atoms with Gasteiger partial charge in [0.05, 0.1) is 33.0 Å².